The summed E-state index contributed by atoms with van der Waals surface area (Å²) in [5.74, 6) is 1.47. The lowest BCUT2D eigenvalue weighted by Gasteiger charge is -2.17. The van der Waals surface area contributed by atoms with Crippen molar-refractivity contribution in [1.29, 1.82) is 0 Å². The molecule has 1 aromatic carbocycles. The van der Waals surface area contributed by atoms with Crippen LogP contribution in [-0.2, 0) is 4.79 Å². The Morgan fingerprint density at radius 1 is 1.42 bits per heavy atom. The molecule has 1 aromatic rings. The average Bonchev–Trinajstić information content (AvgIpc) is 2.28. The molecular weight excluding hydrogens is 303 g/mol. The number of rotatable bonds is 6. The number of anilines is 1. The monoisotopic (exact) mass is 320 g/mol. The van der Waals surface area contributed by atoms with E-state index in [1.165, 1.54) is 0 Å². The fraction of sp³-hybridized carbons (Fsp3) is 0.462. The SMILES string of the molecule is CC(C)(N)CSCCC(=O)Nc1cc(Cl)ccc1Cl. The van der Waals surface area contributed by atoms with Gasteiger partial charge in [0.15, 0.2) is 0 Å². The van der Waals surface area contributed by atoms with E-state index < -0.39 is 0 Å². The first-order valence-corrected chi connectivity index (χ1v) is 7.80. The van der Waals surface area contributed by atoms with E-state index in [1.807, 2.05) is 13.8 Å². The van der Waals surface area contributed by atoms with Gasteiger partial charge in [-0.3, -0.25) is 4.79 Å². The molecule has 1 amide bonds. The van der Waals surface area contributed by atoms with Crippen LogP contribution in [0.5, 0.6) is 0 Å². The summed E-state index contributed by atoms with van der Waals surface area (Å²) in [6.45, 7) is 3.93. The molecule has 0 bridgehead atoms. The smallest absolute Gasteiger partial charge is 0.225 e. The zero-order chi connectivity index (χ0) is 14.5. The predicted octanol–water partition coefficient (Wildman–Crippen LogP) is 3.79. The summed E-state index contributed by atoms with van der Waals surface area (Å²) in [4.78, 5) is 11.7. The van der Waals surface area contributed by atoms with Crippen LogP contribution >= 0.6 is 35.0 Å². The number of thioether (sulfide) groups is 1. The number of nitrogens with two attached hydrogens (primary N) is 1. The van der Waals surface area contributed by atoms with E-state index in [4.69, 9.17) is 28.9 Å². The van der Waals surface area contributed by atoms with Gasteiger partial charge >= 0.3 is 0 Å². The summed E-state index contributed by atoms with van der Waals surface area (Å²) in [7, 11) is 0. The van der Waals surface area contributed by atoms with Gasteiger partial charge in [0, 0.05) is 28.5 Å². The Hall–Kier alpha value is -0.420. The molecule has 106 valence electrons. The molecule has 1 rings (SSSR count). The molecule has 0 fully saturated rings. The van der Waals surface area contributed by atoms with E-state index in [0.717, 1.165) is 11.5 Å². The number of benzene rings is 1. The van der Waals surface area contributed by atoms with E-state index in [1.54, 1.807) is 30.0 Å². The molecule has 3 nitrogen and oxygen atoms in total. The third-order valence-corrected chi connectivity index (χ3v) is 4.16. The van der Waals surface area contributed by atoms with Crippen molar-refractivity contribution in [3.05, 3.63) is 28.2 Å². The third-order valence-electron chi connectivity index (χ3n) is 2.15. The van der Waals surface area contributed by atoms with Crippen molar-refractivity contribution in [3.63, 3.8) is 0 Å². The van der Waals surface area contributed by atoms with Crippen molar-refractivity contribution in [1.82, 2.24) is 0 Å². The lowest BCUT2D eigenvalue weighted by Crippen LogP contribution is -2.34. The Kier molecular flexibility index (Phi) is 6.47. The molecule has 0 aliphatic heterocycles. The minimum absolute atomic E-state index is 0.0773. The van der Waals surface area contributed by atoms with Gasteiger partial charge < -0.3 is 11.1 Å². The second kappa shape index (κ2) is 7.39. The molecule has 0 saturated heterocycles. The second-order valence-electron chi connectivity index (χ2n) is 4.96. The first kappa shape index (κ1) is 16.6. The van der Waals surface area contributed by atoms with Crippen molar-refractivity contribution in [2.75, 3.05) is 16.8 Å². The molecule has 0 spiro atoms. The highest BCUT2D eigenvalue weighted by molar-refractivity contribution is 7.99. The molecular formula is C13H18Cl2N2OS. The fourth-order valence-electron chi connectivity index (χ4n) is 1.31. The Bertz CT molecular complexity index is 447. The van der Waals surface area contributed by atoms with E-state index in [9.17, 15) is 4.79 Å². The number of amides is 1. The summed E-state index contributed by atoms with van der Waals surface area (Å²) >= 11 is 13.5. The summed E-state index contributed by atoms with van der Waals surface area (Å²) in [5.41, 5.74) is 6.19. The number of carbonyl (C=O) groups is 1. The van der Waals surface area contributed by atoms with Gasteiger partial charge in [-0.1, -0.05) is 23.2 Å². The lowest BCUT2D eigenvalue weighted by molar-refractivity contribution is -0.115. The van der Waals surface area contributed by atoms with E-state index in [-0.39, 0.29) is 11.4 Å². The maximum Gasteiger partial charge on any atom is 0.225 e. The van der Waals surface area contributed by atoms with Crippen LogP contribution in [0.1, 0.15) is 20.3 Å². The average molecular weight is 321 g/mol. The van der Waals surface area contributed by atoms with Crippen molar-refractivity contribution in [3.8, 4) is 0 Å². The van der Waals surface area contributed by atoms with Crippen LogP contribution in [0.4, 0.5) is 5.69 Å². The molecule has 0 aromatic heterocycles. The topological polar surface area (TPSA) is 55.1 Å². The van der Waals surface area contributed by atoms with Crippen LogP contribution in [0, 0.1) is 0 Å². The Labute approximate surface area is 128 Å². The first-order valence-electron chi connectivity index (χ1n) is 5.89. The Balaban J connectivity index is 2.37. The maximum atomic E-state index is 11.7. The van der Waals surface area contributed by atoms with Gasteiger partial charge in [0.1, 0.15) is 0 Å². The maximum absolute atomic E-state index is 11.7. The standard InChI is InChI=1S/C13H18Cl2N2OS/c1-13(2,16)8-19-6-5-12(18)17-11-7-9(14)3-4-10(11)15/h3-4,7H,5-6,8,16H2,1-2H3,(H,17,18). The molecule has 0 saturated carbocycles. The van der Waals surface area contributed by atoms with E-state index in [0.29, 0.717) is 22.2 Å². The van der Waals surface area contributed by atoms with Crippen LogP contribution < -0.4 is 11.1 Å². The molecule has 0 atom stereocenters. The van der Waals surface area contributed by atoms with Crippen LogP contribution in [0.2, 0.25) is 10.0 Å². The molecule has 19 heavy (non-hydrogen) atoms. The highest BCUT2D eigenvalue weighted by Gasteiger charge is 2.11. The van der Waals surface area contributed by atoms with Gasteiger partial charge in [-0.05, 0) is 32.0 Å². The normalized spacial score (nSPS) is 11.4. The molecule has 3 N–H and O–H groups in total. The van der Waals surface area contributed by atoms with Crippen molar-refractivity contribution < 1.29 is 4.79 Å². The predicted molar refractivity (Wildman–Crippen MR) is 85.3 cm³/mol. The third kappa shape index (κ3) is 7.06. The molecule has 6 heteroatoms. The second-order valence-corrected chi connectivity index (χ2v) is 6.91. The zero-order valence-corrected chi connectivity index (χ0v) is 13.3. The van der Waals surface area contributed by atoms with Crippen LogP contribution in [0.3, 0.4) is 0 Å². The highest BCUT2D eigenvalue weighted by Crippen LogP contribution is 2.25. The molecule has 0 heterocycles. The number of carbonyl (C=O) groups excluding carboxylic acids is 1. The lowest BCUT2D eigenvalue weighted by atomic mass is 10.1. The van der Waals surface area contributed by atoms with Crippen LogP contribution in [0.15, 0.2) is 18.2 Å². The minimum Gasteiger partial charge on any atom is -0.325 e. The number of hydrogen-bond donors (Lipinski definition) is 2. The molecule has 0 aliphatic carbocycles. The minimum atomic E-state index is -0.211. The van der Waals surface area contributed by atoms with Gasteiger partial charge in [0.25, 0.3) is 0 Å². The summed E-state index contributed by atoms with van der Waals surface area (Å²) < 4.78 is 0. The van der Waals surface area contributed by atoms with Crippen LogP contribution in [0.25, 0.3) is 0 Å². The molecule has 0 aliphatic rings. The van der Waals surface area contributed by atoms with Gasteiger partial charge in [-0.15, -0.1) is 0 Å². The quantitative estimate of drug-likeness (QED) is 0.784. The molecule has 0 unspecified atom stereocenters. The Morgan fingerprint density at radius 3 is 2.74 bits per heavy atom. The van der Waals surface area contributed by atoms with Gasteiger partial charge in [-0.25, -0.2) is 0 Å². The van der Waals surface area contributed by atoms with Gasteiger partial charge in [0.05, 0.1) is 10.7 Å². The summed E-state index contributed by atoms with van der Waals surface area (Å²) in [5, 5.41) is 3.77. The van der Waals surface area contributed by atoms with E-state index >= 15 is 0 Å². The number of halogens is 2. The Morgan fingerprint density at radius 2 is 2.11 bits per heavy atom. The van der Waals surface area contributed by atoms with Crippen LogP contribution in [-0.4, -0.2) is 23.0 Å². The largest absolute Gasteiger partial charge is 0.325 e. The summed E-state index contributed by atoms with van der Waals surface area (Å²) in [6, 6.07) is 4.97. The van der Waals surface area contributed by atoms with Crippen molar-refractivity contribution in [2.45, 2.75) is 25.8 Å². The highest BCUT2D eigenvalue weighted by atomic mass is 35.5. The van der Waals surface area contributed by atoms with Gasteiger partial charge in [0.2, 0.25) is 5.91 Å². The molecule has 0 radical (unpaired) electrons. The summed E-state index contributed by atoms with van der Waals surface area (Å²) in [6.07, 6.45) is 0.420. The fourth-order valence-corrected chi connectivity index (χ4v) is 2.64. The van der Waals surface area contributed by atoms with E-state index in [2.05, 4.69) is 5.32 Å². The number of nitrogens with one attached hydrogen (secondary N) is 1. The van der Waals surface area contributed by atoms with Gasteiger partial charge in [-0.2, -0.15) is 11.8 Å². The van der Waals surface area contributed by atoms with Crippen molar-refractivity contribution in [2.24, 2.45) is 5.73 Å². The zero-order valence-electron chi connectivity index (χ0n) is 11.0. The first-order chi connectivity index (χ1) is 8.78. The number of hydrogen-bond acceptors (Lipinski definition) is 3. The van der Waals surface area contributed by atoms with Crippen molar-refractivity contribution >= 4 is 46.6 Å².